The maximum Gasteiger partial charge on any atom is 0.130 e. The average molecular weight is 324 g/mol. The van der Waals surface area contributed by atoms with E-state index in [1.165, 1.54) is 0 Å². The molecule has 2 aromatic carbocycles. The Balaban J connectivity index is 2.01. The van der Waals surface area contributed by atoms with Crippen LogP contribution in [0.3, 0.4) is 0 Å². The lowest BCUT2D eigenvalue weighted by Gasteiger charge is -2.40. The number of likely N-dealkylation sites (tertiary alicyclic amines) is 1. The largest absolute Gasteiger partial charge is 0.379 e. The van der Waals surface area contributed by atoms with E-state index < -0.39 is 5.60 Å². The third-order valence-corrected chi connectivity index (χ3v) is 5.33. The van der Waals surface area contributed by atoms with E-state index in [2.05, 4.69) is 30.9 Å². The molecule has 0 unspecified atom stereocenters. The van der Waals surface area contributed by atoms with Crippen LogP contribution in [0, 0.1) is 0 Å². The lowest BCUT2D eigenvalue weighted by molar-refractivity contribution is -0.00573. The Bertz CT molecular complexity index is 602. The van der Waals surface area contributed by atoms with E-state index in [0.29, 0.717) is 6.04 Å². The van der Waals surface area contributed by atoms with Gasteiger partial charge >= 0.3 is 0 Å². The summed E-state index contributed by atoms with van der Waals surface area (Å²) in [7, 11) is 6.38. The van der Waals surface area contributed by atoms with Crippen molar-refractivity contribution in [1.82, 2.24) is 9.80 Å². The van der Waals surface area contributed by atoms with Crippen LogP contribution in [0.5, 0.6) is 0 Å². The van der Waals surface area contributed by atoms with Crippen LogP contribution in [0.15, 0.2) is 60.7 Å². The molecule has 1 aliphatic heterocycles. The monoisotopic (exact) mass is 324 g/mol. The van der Waals surface area contributed by atoms with Crippen LogP contribution < -0.4 is 0 Å². The summed E-state index contributed by atoms with van der Waals surface area (Å²) in [6.07, 6.45) is 2.11. The first kappa shape index (κ1) is 17.2. The Kier molecular flexibility index (Phi) is 5.04. The molecule has 0 saturated carbocycles. The first-order valence-electron chi connectivity index (χ1n) is 8.73. The number of aliphatic hydroxyl groups is 1. The predicted octanol–water partition coefficient (Wildman–Crippen LogP) is 2.95. The Morgan fingerprint density at radius 3 is 1.92 bits per heavy atom. The van der Waals surface area contributed by atoms with Crippen molar-refractivity contribution in [2.24, 2.45) is 0 Å². The van der Waals surface area contributed by atoms with E-state index in [-0.39, 0.29) is 6.04 Å². The summed E-state index contributed by atoms with van der Waals surface area (Å²) in [4.78, 5) is 4.60. The van der Waals surface area contributed by atoms with Crippen molar-refractivity contribution < 1.29 is 5.11 Å². The van der Waals surface area contributed by atoms with Gasteiger partial charge in [-0.05, 0) is 45.1 Å². The number of hydrogen-bond donors (Lipinski definition) is 1. The van der Waals surface area contributed by atoms with E-state index >= 15 is 0 Å². The smallest absolute Gasteiger partial charge is 0.130 e. The van der Waals surface area contributed by atoms with Crippen LogP contribution >= 0.6 is 0 Å². The second kappa shape index (κ2) is 7.06. The van der Waals surface area contributed by atoms with Gasteiger partial charge in [0.1, 0.15) is 5.60 Å². The summed E-state index contributed by atoms with van der Waals surface area (Å²) in [5.74, 6) is 0. The van der Waals surface area contributed by atoms with Gasteiger partial charge in [0.2, 0.25) is 0 Å². The number of hydrogen-bond acceptors (Lipinski definition) is 3. The molecule has 0 bridgehead atoms. The summed E-state index contributed by atoms with van der Waals surface area (Å²) in [5.41, 5.74) is 0.954. The van der Waals surface area contributed by atoms with Gasteiger partial charge in [0.15, 0.2) is 0 Å². The van der Waals surface area contributed by atoms with E-state index in [0.717, 1.165) is 30.5 Å². The van der Waals surface area contributed by atoms with Gasteiger partial charge in [0.05, 0.1) is 0 Å². The third kappa shape index (κ3) is 3.12. The molecule has 1 heterocycles. The Morgan fingerprint density at radius 2 is 1.46 bits per heavy atom. The van der Waals surface area contributed by atoms with Crippen molar-refractivity contribution in [3.8, 4) is 0 Å². The summed E-state index contributed by atoms with van der Waals surface area (Å²) in [5, 5.41) is 11.9. The van der Waals surface area contributed by atoms with Gasteiger partial charge in [0, 0.05) is 18.6 Å². The maximum absolute atomic E-state index is 11.9. The van der Waals surface area contributed by atoms with Crippen molar-refractivity contribution >= 4 is 0 Å². The lowest BCUT2D eigenvalue weighted by atomic mass is 9.79. The quantitative estimate of drug-likeness (QED) is 0.916. The molecular formula is C21H28N2O. The molecule has 2 atom stereocenters. The number of rotatable bonds is 5. The van der Waals surface area contributed by atoms with Crippen LogP contribution in [0.4, 0.5) is 0 Å². The SMILES string of the molecule is CN(C)C[C@H]1CC[C@@H](C(O)(c2ccccc2)c2ccccc2)N1C. The molecule has 1 saturated heterocycles. The van der Waals surface area contributed by atoms with Crippen LogP contribution in [0.25, 0.3) is 0 Å². The molecule has 1 N–H and O–H groups in total. The molecule has 1 fully saturated rings. The maximum atomic E-state index is 11.9. The van der Waals surface area contributed by atoms with Gasteiger partial charge in [-0.3, -0.25) is 4.90 Å². The molecule has 3 nitrogen and oxygen atoms in total. The van der Waals surface area contributed by atoms with Crippen LogP contribution in [0.1, 0.15) is 24.0 Å². The highest BCUT2D eigenvalue weighted by Gasteiger charge is 2.47. The van der Waals surface area contributed by atoms with E-state index in [1.54, 1.807) is 0 Å². The fraction of sp³-hybridized carbons (Fsp3) is 0.429. The minimum absolute atomic E-state index is 0.0762. The molecule has 0 spiro atoms. The molecule has 0 aliphatic carbocycles. The van der Waals surface area contributed by atoms with Crippen molar-refractivity contribution in [3.05, 3.63) is 71.8 Å². The fourth-order valence-electron chi connectivity index (χ4n) is 4.09. The highest BCUT2D eigenvalue weighted by molar-refractivity contribution is 5.38. The van der Waals surface area contributed by atoms with Crippen LogP contribution in [-0.4, -0.2) is 54.7 Å². The van der Waals surface area contributed by atoms with Crippen molar-refractivity contribution in [2.45, 2.75) is 30.5 Å². The molecule has 3 rings (SSSR count). The second-order valence-electron chi connectivity index (χ2n) is 7.17. The molecule has 0 radical (unpaired) electrons. The van der Waals surface area contributed by atoms with Gasteiger partial charge in [-0.15, -0.1) is 0 Å². The predicted molar refractivity (Wildman–Crippen MR) is 99.0 cm³/mol. The van der Waals surface area contributed by atoms with Gasteiger partial charge < -0.3 is 10.0 Å². The first-order valence-corrected chi connectivity index (χ1v) is 8.73. The molecule has 0 aromatic heterocycles. The minimum atomic E-state index is -0.988. The van der Waals surface area contributed by atoms with Crippen LogP contribution in [-0.2, 0) is 5.60 Å². The Hall–Kier alpha value is -1.68. The molecule has 0 amide bonds. The highest BCUT2D eigenvalue weighted by Crippen LogP contribution is 2.41. The zero-order valence-corrected chi connectivity index (χ0v) is 14.9. The molecule has 3 heteroatoms. The summed E-state index contributed by atoms with van der Waals surface area (Å²) >= 11 is 0. The Morgan fingerprint density at radius 1 is 0.958 bits per heavy atom. The van der Waals surface area contributed by atoms with Crippen LogP contribution in [0.2, 0.25) is 0 Å². The van der Waals surface area contributed by atoms with Crippen molar-refractivity contribution in [3.63, 3.8) is 0 Å². The number of nitrogens with zero attached hydrogens (tertiary/aromatic N) is 2. The summed E-state index contributed by atoms with van der Waals surface area (Å²) in [6, 6.07) is 20.8. The average Bonchev–Trinajstić information content (AvgIpc) is 2.96. The second-order valence-corrected chi connectivity index (χ2v) is 7.17. The summed E-state index contributed by atoms with van der Waals surface area (Å²) in [6.45, 7) is 1.02. The Labute approximate surface area is 145 Å². The minimum Gasteiger partial charge on any atom is -0.379 e. The van der Waals surface area contributed by atoms with Gasteiger partial charge in [0.25, 0.3) is 0 Å². The number of benzene rings is 2. The van der Waals surface area contributed by atoms with Gasteiger partial charge in [-0.25, -0.2) is 0 Å². The first-order chi connectivity index (χ1) is 11.5. The van der Waals surface area contributed by atoms with Gasteiger partial charge in [-0.1, -0.05) is 60.7 Å². The molecule has 128 valence electrons. The standard InChI is InChI=1S/C21H28N2O/c1-22(2)16-19-14-15-20(23(19)3)21(24,17-10-6-4-7-11-17)18-12-8-5-9-13-18/h4-13,19-20,24H,14-16H2,1-3H3/t19-,20+/m1/s1. The molecule has 24 heavy (non-hydrogen) atoms. The zero-order valence-electron chi connectivity index (χ0n) is 14.9. The van der Waals surface area contributed by atoms with E-state index in [9.17, 15) is 5.11 Å². The zero-order chi connectivity index (χ0) is 17.2. The normalized spacial score (nSPS) is 22.2. The highest BCUT2D eigenvalue weighted by atomic mass is 16.3. The van der Waals surface area contributed by atoms with E-state index in [4.69, 9.17) is 0 Å². The molecule has 1 aliphatic rings. The van der Waals surface area contributed by atoms with Crippen molar-refractivity contribution in [1.29, 1.82) is 0 Å². The van der Waals surface area contributed by atoms with E-state index in [1.807, 2.05) is 60.7 Å². The molecular weight excluding hydrogens is 296 g/mol. The topological polar surface area (TPSA) is 26.7 Å². The molecule has 2 aromatic rings. The fourth-order valence-corrected chi connectivity index (χ4v) is 4.09. The van der Waals surface area contributed by atoms with Gasteiger partial charge in [-0.2, -0.15) is 0 Å². The number of likely N-dealkylation sites (N-methyl/N-ethyl adjacent to an activating group) is 2. The summed E-state index contributed by atoms with van der Waals surface area (Å²) < 4.78 is 0. The van der Waals surface area contributed by atoms with Crippen molar-refractivity contribution in [2.75, 3.05) is 27.7 Å². The lowest BCUT2D eigenvalue weighted by Crippen LogP contribution is -2.50. The third-order valence-electron chi connectivity index (χ3n) is 5.33.